The molecule has 0 bridgehead atoms. The maximum absolute atomic E-state index is 11.0. The number of rotatable bonds is 7. The monoisotopic (exact) mass is 472 g/mol. The van der Waals surface area contributed by atoms with E-state index in [2.05, 4.69) is 46.1 Å². The molecular weight excluding hydrogens is 444 g/mol. The summed E-state index contributed by atoms with van der Waals surface area (Å²) in [5, 5.41) is 9.02. The molecule has 0 spiro atoms. The molecule has 0 unspecified atom stereocenters. The van der Waals surface area contributed by atoms with Gasteiger partial charge in [-0.3, -0.25) is 9.78 Å². The van der Waals surface area contributed by atoms with Crippen LogP contribution in [0.3, 0.4) is 0 Å². The largest absolute Gasteiger partial charge is 0.481 e. The van der Waals surface area contributed by atoms with Gasteiger partial charge in [0.25, 0.3) is 0 Å². The molecule has 5 rings (SSSR count). The van der Waals surface area contributed by atoms with E-state index in [0.29, 0.717) is 18.3 Å². The van der Waals surface area contributed by atoms with E-state index in [1.54, 1.807) is 11.9 Å². The maximum Gasteiger partial charge on any atom is 0.303 e. The highest BCUT2D eigenvalue weighted by molar-refractivity contribution is 7.99. The molecular formula is C27H28N4O2S. The highest BCUT2D eigenvalue weighted by Gasteiger charge is 2.24. The Hall–Kier alpha value is -3.32. The van der Waals surface area contributed by atoms with Crippen molar-refractivity contribution in [2.75, 3.05) is 11.0 Å². The number of carboxylic acids is 1. The lowest BCUT2D eigenvalue weighted by Gasteiger charge is -2.28. The van der Waals surface area contributed by atoms with Crippen molar-refractivity contribution in [1.29, 1.82) is 0 Å². The highest BCUT2D eigenvalue weighted by atomic mass is 32.2. The van der Waals surface area contributed by atoms with Crippen LogP contribution in [0.4, 0.5) is 5.69 Å². The van der Waals surface area contributed by atoms with E-state index in [4.69, 9.17) is 15.1 Å². The van der Waals surface area contributed by atoms with Gasteiger partial charge in [-0.15, -0.1) is 0 Å². The van der Waals surface area contributed by atoms with Gasteiger partial charge < -0.3 is 14.8 Å². The van der Waals surface area contributed by atoms with Crippen molar-refractivity contribution in [3.05, 3.63) is 66.4 Å². The van der Waals surface area contributed by atoms with Crippen LogP contribution in [0.25, 0.3) is 33.7 Å². The number of carbonyl (C=O) groups is 1. The fourth-order valence-corrected chi connectivity index (χ4v) is 5.27. The number of pyridine rings is 1. The second-order valence-corrected chi connectivity index (χ2v) is 9.61. The number of aromatic amines is 1. The number of anilines is 1. The van der Waals surface area contributed by atoms with E-state index >= 15 is 0 Å². The molecule has 174 valence electrons. The minimum absolute atomic E-state index is 0.303. The zero-order valence-electron chi connectivity index (χ0n) is 19.1. The Labute approximate surface area is 203 Å². The first-order chi connectivity index (χ1) is 16.6. The summed E-state index contributed by atoms with van der Waals surface area (Å²) >= 11 is 1.56. The summed E-state index contributed by atoms with van der Waals surface area (Å²) in [5.41, 5.74) is 7.28. The molecule has 1 aliphatic rings. The van der Waals surface area contributed by atoms with Crippen LogP contribution in [0.5, 0.6) is 0 Å². The van der Waals surface area contributed by atoms with Crippen LogP contribution in [0.1, 0.15) is 43.6 Å². The number of fused-ring (bicyclic) bond motifs is 1. The average Bonchev–Trinajstić information content (AvgIpc) is 3.28. The third-order valence-corrected chi connectivity index (χ3v) is 7.17. The second-order valence-electron chi connectivity index (χ2n) is 8.99. The van der Waals surface area contributed by atoms with Gasteiger partial charge in [-0.1, -0.05) is 36.2 Å². The number of nitrogens with one attached hydrogen (secondary N) is 2. The molecule has 0 radical (unpaired) electrons. The predicted molar refractivity (Wildman–Crippen MR) is 139 cm³/mol. The minimum Gasteiger partial charge on any atom is -0.481 e. The number of benzene rings is 2. The Bertz CT molecular complexity index is 1280. The minimum atomic E-state index is -0.677. The summed E-state index contributed by atoms with van der Waals surface area (Å²) in [5.74, 6) is 0.985. The molecule has 0 aliphatic heterocycles. The smallest absolute Gasteiger partial charge is 0.303 e. The van der Waals surface area contributed by atoms with Gasteiger partial charge in [0, 0.05) is 35.7 Å². The van der Waals surface area contributed by atoms with Crippen LogP contribution >= 0.6 is 11.9 Å². The molecule has 2 aromatic carbocycles. The summed E-state index contributed by atoms with van der Waals surface area (Å²) in [6.45, 7) is 0. The zero-order valence-corrected chi connectivity index (χ0v) is 19.9. The molecule has 3 N–H and O–H groups in total. The van der Waals surface area contributed by atoms with Crippen molar-refractivity contribution >= 4 is 34.6 Å². The summed E-state index contributed by atoms with van der Waals surface area (Å²) in [7, 11) is 0. The van der Waals surface area contributed by atoms with Crippen molar-refractivity contribution in [3.63, 3.8) is 0 Å². The van der Waals surface area contributed by atoms with Crippen LogP contribution in [0.15, 0.2) is 60.8 Å². The number of nitrogens with zero attached hydrogens (tertiary/aromatic N) is 2. The van der Waals surface area contributed by atoms with Crippen LogP contribution in [0, 0.1) is 5.92 Å². The lowest BCUT2D eigenvalue weighted by atomic mass is 9.77. The maximum atomic E-state index is 11.0. The van der Waals surface area contributed by atoms with Crippen molar-refractivity contribution in [1.82, 2.24) is 15.0 Å². The standard InChI is InChI=1S/C27H28N4O2S/c1-34-31-22-11-13-24-25(15-22)30-27(29-24)21-10-12-23(28-16-21)20-8-6-19(7-9-20)18-4-2-17(3-5-18)14-26(32)33/h6-13,15-18,31H,2-5,14H2,1H3,(H,29,30)(H,32,33). The Balaban J connectivity index is 1.27. The van der Waals surface area contributed by atoms with Crippen molar-refractivity contribution in [2.24, 2.45) is 5.92 Å². The van der Waals surface area contributed by atoms with Gasteiger partial charge in [0.1, 0.15) is 5.82 Å². The molecule has 0 atom stereocenters. The van der Waals surface area contributed by atoms with Crippen LogP contribution in [-0.2, 0) is 4.79 Å². The molecule has 4 aromatic rings. The average molecular weight is 473 g/mol. The van der Waals surface area contributed by atoms with Crippen molar-refractivity contribution in [2.45, 2.75) is 38.0 Å². The number of aliphatic carboxylic acids is 1. The number of carboxylic acid groups (broad SMARTS) is 1. The van der Waals surface area contributed by atoms with Gasteiger partial charge in [0.15, 0.2) is 0 Å². The van der Waals surface area contributed by atoms with E-state index in [1.165, 1.54) is 5.56 Å². The first-order valence-corrected chi connectivity index (χ1v) is 12.9. The van der Waals surface area contributed by atoms with Crippen molar-refractivity contribution in [3.8, 4) is 22.6 Å². The number of aromatic nitrogens is 3. The molecule has 0 saturated heterocycles. The van der Waals surface area contributed by atoms with Gasteiger partial charge in [0.2, 0.25) is 0 Å². The lowest BCUT2D eigenvalue weighted by Crippen LogP contribution is -2.16. The number of H-pyrrole nitrogens is 1. The van der Waals surface area contributed by atoms with E-state index in [-0.39, 0.29) is 0 Å². The summed E-state index contributed by atoms with van der Waals surface area (Å²) in [4.78, 5) is 23.7. The van der Waals surface area contributed by atoms with Crippen LogP contribution < -0.4 is 4.72 Å². The van der Waals surface area contributed by atoms with Gasteiger partial charge in [-0.05, 0) is 73.4 Å². The number of hydrogen-bond donors (Lipinski definition) is 3. The normalized spacial score (nSPS) is 18.1. The zero-order chi connectivity index (χ0) is 23.5. The molecule has 6 nitrogen and oxygen atoms in total. The molecule has 7 heteroatoms. The van der Waals surface area contributed by atoms with E-state index in [9.17, 15) is 4.79 Å². The van der Waals surface area contributed by atoms with Crippen LogP contribution in [0.2, 0.25) is 0 Å². The molecule has 0 amide bonds. The Morgan fingerprint density at radius 2 is 1.82 bits per heavy atom. The first kappa shape index (κ1) is 22.5. The van der Waals surface area contributed by atoms with Gasteiger partial charge in [-0.2, -0.15) is 0 Å². The Morgan fingerprint density at radius 3 is 2.50 bits per heavy atom. The van der Waals surface area contributed by atoms with E-state index in [0.717, 1.165) is 65.0 Å². The highest BCUT2D eigenvalue weighted by Crippen LogP contribution is 2.37. The molecule has 1 fully saturated rings. The molecule has 2 aromatic heterocycles. The fraction of sp³-hybridized carbons (Fsp3) is 0.296. The molecule has 2 heterocycles. The fourth-order valence-electron chi connectivity index (χ4n) is 4.91. The lowest BCUT2D eigenvalue weighted by molar-refractivity contribution is -0.138. The third-order valence-electron chi connectivity index (χ3n) is 6.73. The van der Waals surface area contributed by atoms with E-state index in [1.807, 2.05) is 30.7 Å². The SMILES string of the molecule is CSNc1ccc2nc(-c3ccc(-c4ccc(C5CCC(CC(=O)O)CC5)cc4)nc3)[nH]c2c1. The third kappa shape index (κ3) is 4.94. The van der Waals surface area contributed by atoms with Gasteiger partial charge in [-0.25, -0.2) is 4.98 Å². The van der Waals surface area contributed by atoms with Gasteiger partial charge >= 0.3 is 5.97 Å². The quantitative estimate of drug-likeness (QED) is 0.258. The summed E-state index contributed by atoms with van der Waals surface area (Å²) in [6, 6.07) is 18.9. The molecule has 1 aliphatic carbocycles. The van der Waals surface area contributed by atoms with Crippen molar-refractivity contribution < 1.29 is 9.90 Å². The molecule has 34 heavy (non-hydrogen) atoms. The second kappa shape index (κ2) is 9.89. The van der Waals surface area contributed by atoms with Gasteiger partial charge in [0.05, 0.1) is 16.7 Å². The van der Waals surface area contributed by atoms with E-state index < -0.39 is 5.97 Å². The Kier molecular flexibility index (Phi) is 6.54. The number of imidazole rings is 1. The topological polar surface area (TPSA) is 90.9 Å². The predicted octanol–water partition coefficient (Wildman–Crippen LogP) is 6.73. The summed E-state index contributed by atoms with van der Waals surface area (Å²) < 4.78 is 3.24. The molecule has 1 saturated carbocycles. The Morgan fingerprint density at radius 1 is 1.06 bits per heavy atom. The van der Waals surface area contributed by atoms with Crippen LogP contribution in [-0.4, -0.2) is 32.3 Å². The first-order valence-electron chi connectivity index (χ1n) is 11.7. The summed E-state index contributed by atoms with van der Waals surface area (Å²) in [6.07, 6.45) is 8.30. The number of hydrogen-bond acceptors (Lipinski definition) is 5.